The third-order valence-corrected chi connectivity index (χ3v) is 15.7. The minimum absolute atomic E-state index is 0.0440. The van der Waals surface area contributed by atoms with Crippen LogP contribution in [0.1, 0.15) is 271 Å². The number of quaternary nitrogens is 1. The summed E-state index contributed by atoms with van der Waals surface area (Å²) in [4.78, 5) is 38.1. The molecular weight excluding hydrogens is 1130 g/mol. The highest BCUT2D eigenvalue weighted by atomic mass is 31.2. The van der Waals surface area contributed by atoms with E-state index in [1.807, 2.05) is 21.1 Å². The van der Waals surface area contributed by atoms with Gasteiger partial charge in [-0.3, -0.25) is 14.2 Å². The highest BCUT2D eigenvalue weighted by molar-refractivity contribution is 7.45. The number of carbonyl (C=O) groups excluding carboxylic acids is 2. The van der Waals surface area contributed by atoms with Gasteiger partial charge in [0.1, 0.15) is 19.8 Å². The molecule has 0 aromatic heterocycles. The molecule has 2 unspecified atom stereocenters. The van der Waals surface area contributed by atoms with Gasteiger partial charge in [-0.1, -0.05) is 300 Å². The smallest absolute Gasteiger partial charge is 0.306 e. The normalized spacial score (nSPS) is 14.2. The topological polar surface area (TPSA) is 111 Å². The molecule has 0 saturated carbocycles. The average molecular weight is 1270 g/mol. The Morgan fingerprint density at radius 2 is 0.600 bits per heavy atom. The molecule has 0 fully saturated rings. The van der Waals surface area contributed by atoms with Gasteiger partial charge < -0.3 is 27.9 Å². The van der Waals surface area contributed by atoms with Crippen LogP contribution in [0.15, 0.2) is 170 Å². The van der Waals surface area contributed by atoms with Crippen molar-refractivity contribution < 1.29 is 42.1 Å². The summed E-state index contributed by atoms with van der Waals surface area (Å²) in [5.74, 6) is -0.867. The van der Waals surface area contributed by atoms with Gasteiger partial charge >= 0.3 is 11.9 Å². The predicted molar refractivity (Wildman–Crippen MR) is 387 cm³/mol. The van der Waals surface area contributed by atoms with E-state index >= 15 is 0 Å². The molecule has 0 rings (SSSR count). The number of carbonyl (C=O) groups is 2. The van der Waals surface area contributed by atoms with Crippen molar-refractivity contribution in [3.05, 3.63) is 170 Å². The van der Waals surface area contributed by atoms with Crippen LogP contribution in [0.5, 0.6) is 0 Å². The third kappa shape index (κ3) is 72.4. The number of rotatable bonds is 64. The molecule has 0 N–H and O–H groups in total. The second-order valence-corrected chi connectivity index (χ2v) is 25.9. The van der Waals surface area contributed by atoms with Gasteiger partial charge in [0, 0.05) is 12.8 Å². The molecule has 10 heteroatoms. The van der Waals surface area contributed by atoms with Gasteiger partial charge in [-0.05, 0) is 128 Å². The van der Waals surface area contributed by atoms with Crippen molar-refractivity contribution in [2.24, 2.45) is 0 Å². The summed E-state index contributed by atoms with van der Waals surface area (Å²) >= 11 is 0. The Labute approximate surface area is 553 Å². The van der Waals surface area contributed by atoms with Crippen LogP contribution in [0.2, 0.25) is 0 Å². The lowest BCUT2D eigenvalue weighted by Gasteiger charge is -2.28. The van der Waals surface area contributed by atoms with Crippen LogP contribution in [0.3, 0.4) is 0 Å². The van der Waals surface area contributed by atoms with E-state index in [9.17, 15) is 19.0 Å². The molecular formula is C80H132NO8P. The lowest BCUT2D eigenvalue weighted by Crippen LogP contribution is -2.37. The fourth-order valence-electron chi connectivity index (χ4n) is 9.32. The van der Waals surface area contributed by atoms with Crippen LogP contribution in [0.25, 0.3) is 0 Å². The average Bonchev–Trinajstić information content (AvgIpc) is 3.58. The third-order valence-electron chi connectivity index (χ3n) is 14.7. The molecule has 90 heavy (non-hydrogen) atoms. The number of hydrogen-bond acceptors (Lipinski definition) is 8. The van der Waals surface area contributed by atoms with Crippen LogP contribution in [0, 0.1) is 0 Å². The van der Waals surface area contributed by atoms with E-state index in [1.54, 1.807) is 0 Å². The van der Waals surface area contributed by atoms with Crippen molar-refractivity contribution in [3.63, 3.8) is 0 Å². The highest BCUT2D eigenvalue weighted by Crippen LogP contribution is 2.38. The Morgan fingerprint density at radius 1 is 0.344 bits per heavy atom. The Hall–Kier alpha value is -4.63. The summed E-state index contributed by atoms with van der Waals surface area (Å²) in [5.41, 5.74) is 0. The van der Waals surface area contributed by atoms with E-state index in [4.69, 9.17) is 18.5 Å². The Balaban J connectivity index is 4.10. The van der Waals surface area contributed by atoms with Crippen molar-refractivity contribution in [3.8, 4) is 0 Å². The van der Waals surface area contributed by atoms with E-state index in [2.05, 4.69) is 184 Å². The molecule has 0 heterocycles. The molecule has 0 aromatic rings. The van der Waals surface area contributed by atoms with Gasteiger partial charge in [0.15, 0.2) is 6.10 Å². The maximum Gasteiger partial charge on any atom is 0.306 e. The van der Waals surface area contributed by atoms with Gasteiger partial charge in [0.05, 0.1) is 27.7 Å². The van der Waals surface area contributed by atoms with Crippen LogP contribution in [-0.4, -0.2) is 70.0 Å². The lowest BCUT2D eigenvalue weighted by molar-refractivity contribution is -0.870. The molecule has 0 spiro atoms. The number of nitrogens with zero attached hydrogens (tertiary/aromatic N) is 1. The zero-order valence-corrected chi connectivity index (χ0v) is 58.9. The number of esters is 2. The summed E-state index contributed by atoms with van der Waals surface area (Å²) in [5, 5.41) is 0. The zero-order chi connectivity index (χ0) is 65.5. The number of allylic oxidation sites excluding steroid dienone is 28. The predicted octanol–water partition coefficient (Wildman–Crippen LogP) is 23.1. The standard InChI is InChI=1S/C80H132NO8P/c1-6-8-10-12-14-16-18-20-22-24-26-28-30-32-34-36-37-38-39-40-41-42-43-45-46-48-50-52-54-56-58-60-62-64-66-68-70-72-79(82)86-76-78(77-88-90(84,85)87-75-74-81(3,4)5)89-80(83)73-71-69-67-65-63-61-59-57-55-53-51-49-47-44-35-33-31-29-27-25-23-21-19-17-15-13-11-9-7-2/h8-11,14-17,20-23,26-29,32-35,37-38,47,49,53,55,59,61,78H,6-7,12-13,18-19,24-25,30-31,36,39-46,48,50-52,54,56-58,60,62-77H2,1-5H3/b10-8-,11-9-,16-14-,17-15-,22-20-,23-21-,28-26-,29-27-,34-32-,35-33-,38-37-,49-47-,55-53-,61-59-. The number of likely N-dealkylation sites (N-methyl/N-ethyl adjacent to an activating group) is 1. The Kier molecular flexibility index (Phi) is 65.2. The van der Waals surface area contributed by atoms with Crippen molar-refractivity contribution in [2.75, 3.05) is 47.5 Å². The van der Waals surface area contributed by atoms with Gasteiger partial charge in [-0.2, -0.15) is 0 Å². The molecule has 0 amide bonds. The summed E-state index contributed by atoms with van der Waals surface area (Å²) in [6.45, 7) is 3.98. The summed E-state index contributed by atoms with van der Waals surface area (Å²) < 4.78 is 34.3. The number of unbranched alkanes of at least 4 members (excludes halogenated alkanes) is 22. The van der Waals surface area contributed by atoms with E-state index < -0.39 is 32.5 Å². The summed E-state index contributed by atoms with van der Waals surface area (Å²) in [7, 11) is 1.13. The quantitative estimate of drug-likeness (QED) is 0.0195. The Morgan fingerprint density at radius 3 is 0.889 bits per heavy atom. The highest BCUT2D eigenvalue weighted by Gasteiger charge is 2.22. The maximum atomic E-state index is 12.9. The van der Waals surface area contributed by atoms with Crippen molar-refractivity contribution in [1.82, 2.24) is 0 Å². The van der Waals surface area contributed by atoms with E-state index in [0.29, 0.717) is 17.4 Å². The summed E-state index contributed by atoms with van der Waals surface area (Å²) in [6, 6.07) is 0. The summed E-state index contributed by atoms with van der Waals surface area (Å²) in [6.07, 6.45) is 104. The second kappa shape index (κ2) is 68.7. The van der Waals surface area contributed by atoms with Gasteiger partial charge in [0.25, 0.3) is 7.82 Å². The first-order chi connectivity index (χ1) is 44.0. The van der Waals surface area contributed by atoms with Crippen LogP contribution < -0.4 is 4.89 Å². The first-order valence-electron chi connectivity index (χ1n) is 35.8. The fraction of sp³-hybridized carbons (Fsp3) is 0.625. The number of hydrogen-bond donors (Lipinski definition) is 0. The first-order valence-corrected chi connectivity index (χ1v) is 37.3. The van der Waals surface area contributed by atoms with Gasteiger partial charge in [-0.25, -0.2) is 0 Å². The molecule has 0 aliphatic rings. The van der Waals surface area contributed by atoms with Crippen LogP contribution in [-0.2, 0) is 32.7 Å². The van der Waals surface area contributed by atoms with Gasteiger partial charge in [-0.15, -0.1) is 0 Å². The van der Waals surface area contributed by atoms with Gasteiger partial charge in [0.2, 0.25) is 0 Å². The van der Waals surface area contributed by atoms with Crippen LogP contribution >= 0.6 is 7.82 Å². The van der Waals surface area contributed by atoms with E-state index in [-0.39, 0.29) is 26.1 Å². The van der Waals surface area contributed by atoms with E-state index in [0.717, 1.165) is 135 Å². The molecule has 0 aliphatic carbocycles. The number of phosphoric ester groups is 1. The SMILES string of the molecule is CC/C=C\C/C=C\C/C=C\C/C=C\C/C=C\C/C=C\C/C=C\C/C=C\CCCCCCC(=O)OC(COC(=O)CCCCCCCCCCCCCCCCCCCC/C=C\C/C=C\C/C=C\C/C=C\C/C=C\C/C=C\CC)COP(=O)([O-])OCC[N+](C)(C)C. The van der Waals surface area contributed by atoms with Crippen molar-refractivity contribution in [2.45, 2.75) is 277 Å². The monoisotopic (exact) mass is 1270 g/mol. The molecule has 0 aliphatic heterocycles. The Bertz CT molecular complexity index is 2130. The lowest BCUT2D eigenvalue weighted by atomic mass is 10.0. The van der Waals surface area contributed by atoms with Crippen molar-refractivity contribution in [1.29, 1.82) is 0 Å². The molecule has 0 saturated heterocycles. The molecule has 510 valence electrons. The minimum Gasteiger partial charge on any atom is -0.756 e. The maximum absolute atomic E-state index is 12.9. The van der Waals surface area contributed by atoms with E-state index in [1.165, 1.54) is 103 Å². The number of ether oxygens (including phenoxy) is 2. The molecule has 9 nitrogen and oxygen atoms in total. The first kappa shape index (κ1) is 85.4. The molecule has 2 atom stereocenters. The van der Waals surface area contributed by atoms with Crippen molar-refractivity contribution >= 4 is 19.8 Å². The largest absolute Gasteiger partial charge is 0.756 e. The molecule has 0 aromatic carbocycles. The van der Waals surface area contributed by atoms with Crippen LogP contribution in [0.4, 0.5) is 0 Å². The molecule has 0 radical (unpaired) electrons. The number of phosphoric acid groups is 1. The minimum atomic E-state index is -4.66. The molecule has 0 bridgehead atoms. The zero-order valence-electron chi connectivity index (χ0n) is 58.0. The fourth-order valence-corrected chi connectivity index (χ4v) is 10.1. The second-order valence-electron chi connectivity index (χ2n) is 24.5.